The largest absolute Gasteiger partial charge is 0.481 e. The Labute approximate surface area is 108 Å². The van der Waals surface area contributed by atoms with Gasteiger partial charge in [-0.25, -0.2) is 13.4 Å². The third kappa shape index (κ3) is 2.18. The van der Waals surface area contributed by atoms with Gasteiger partial charge >= 0.3 is 0 Å². The zero-order valence-electron chi connectivity index (χ0n) is 8.65. The molecule has 0 aliphatic rings. The average Bonchev–Trinajstić information content (AvgIpc) is 2.28. The molecule has 17 heavy (non-hydrogen) atoms. The van der Waals surface area contributed by atoms with E-state index >= 15 is 0 Å². The van der Waals surface area contributed by atoms with Crippen LogP contribution in [0.2, 0.25) is 5.02 Å². The van der Waals surface area contributed by atoms with Crippen LogP contribution in [-0.4, -0.2) is 20.5 Å². The summed E-state index contributed by atoms with van der Waals surface area (Å²) in [5, 5.41) is 1.03. The molecule has 4 nitrogen and oxygen atoms in total. The lowest BCUT2D eigenvalue weighted by molar-refractivity contribution is 0.403. The molecular weight excluding hydrogens is 285 g/mol. The van der Waals surface area contributed by atoms with E-state index in [9.17, 15) is 8.42 Å². The quantitative estimate of drug-likeness (QED) is 0.799. The Morgan fingerprint density at radius 3 is 2.65 bits per heavy atom. The predicted molar refractivity (Wildman–Crippen MR) is 66.3 cm³/mol. The van der Waals surface area contributed by atoms with Crippen LogP contribution in [0.3, 0.4) is 0 Å². The van der Waals surface area contributed by atoms with Gasteiger partial charge < -0.3 is 4.74 Å². The summed E-state index contributed by atoms with van der Waals surface area (Å²) >= 11 is 5.96. The van der Waals surface area contributed by atoms with Crippen molar-refractivity contribution in [2.24, 2.45) is 0 Å². The lowest BCUT2D eigenvalue weighted by Crippen LogP contribution is -1.96. The van der Waals surface area contributed by atoms with Gasteiger partial charge in [-0.05, 0) is 12.1 Å². The van der Waals surface area contributed by atoms with Crippen LogP contribution in [0.15, 0.2) is 29.3 Å². The third-order valence-corrected chi connectivity index (χ3v) is 3.90. The van der Waals surface area contributed by atoms with Crippen molar-refractivity contribution in [3.63, 3.8) is 0 Å². The van der Waals surface area contributed by atoms with Gasteiger partial charge in [0, 0.05) is 21.5 Å². The first-order chi connectivity index (χ1) is 7.95. The molecule has 0 saturated carbocycles. The van der Waals surface area contributed by atoms with Gasteiger partial charge in [0.15, 0.2) is 0 Å². The summed E-state index contributed by atoms with van der Waals surface area (Å²) in [6, 6.07) is 4.60. The lowest BCUT2D eigenvalue weighted by Gasteiger charge is -2.08. The molecule has 0 aliphatic heterocycles. The average molecular weight is 292 g/mol. The number of methoxy groups -OCH3 is 1. The maximum atomic E-state index is 11.4. The monoisotopic (exact) mass is 291 g/mol. The fourth-order valence-corrected chi connectivity index (χ4v) is 2.97. The number of rotatable bonds is 2. The molecule has 0 unspecified atom stereocenters. The van der Waals surface area contributed by atoms with Crippen LogP contribution in [0, 0.1) is 0 Å². The maximum Gasteiger partial charge on any atom is 0.261 e. The Kier molecular flexibility index (Phi) is 3.16. The van der Waals surface area contributed by atoms with Gasteiger partial charge in [0.1, 0.15) is 0 Å². The summed E-state index contributed by atoms with van der Waals surface area (Å²) in [5.74, 6) is 0.298. The van der Waals surface area contributed by atoms with Gasteiger partial charge in [-0.1, -0.05) is 17.7 Å². The Hall–Kier alpha value is -1.04. The molecular formula is C10H7Cl2NO3S. The molecule has 0 amide bonds. The van der Waals surface area contributed by atoms with Crippen molar-refractivity contribution in [2.45, 2.75) is 4.90 Å². The molecule has 0 atom stereocenters. The topological polar surface area (TPSA) is 56.3 Å². The fourth-order valence-electron chi connectivity index (χ4n) is 1.57. The zero-order chi connectivity index (χ0) is 12.6. The van der Waals surface area contributed by atoms with Crippen LogP contribution in [0.1, 0.15) is 0 Å². The van der Waals surface area contributed by atoms with Crippen LogP contribution in [-0.2, 0) is 9.05 Å². The first kappa shape index (κ1) is 12.4. The number of pyridine rings is 1. The van der Waals surface area contributed by atoms with Gasteiger partial charge in [-0.2, -0.15) is 0 Å². The summed E-state index contributed by atoms with van der Waals surface area (Å²) in [6.45, 7) is 0. The van der Waals surface area contributed by atoms with Crippen molar-refractivity contribution < 1.29 is 13.2 Å². The van der Waals surface area contributed by atoms with Crippen molar-refractivity contribution >= 4 is 42.1 Å². The van der Waals surface area contributed by atoms with Crippen molar-refractivity contribution in [1.29, 1.82) is 0 Å². The van der Waals surface area contributed by atoms with Crippen LogP contribution >= 0.6 is 22.3 Å². The molecule has 0 aliphatic carbocycles. The standard InChI is InChI=1S/C10H7Cl2NO3S/c1-16-10-6-3-2-4-8(17(12,14)15)9(6)7(11)5-13-10/h2-5H,1H3. The molecule has 1 aromatic heterocycles. The molecule has 0 bridgehead atoms. The van der Waals surface area contributed by atoms with E-state index in [0.29, 0.717) is 16.7 Å². The summed E-state index contributed by atoms with van der Waals surface area (Å²) in [6.07, 6.45) is 1.33. The molecule has 0 spiro atoms. The lowest BCUT2D eigenvalue weighted by atomic mass is 10.2. The van der Waals surface area contributed by atoms with E-state index < -0.39 is 9.05 Å². The summed E-state index contributed by atoms with van der Waals surface area (Å²) < 4.78 is 27.9. The minimum Gasteiger partial charge on any atom is -0.481 e. The number of ether oxygens (including phenoxy) is 1. The Balaban J connectivity index is 2.99. The molecule has 0 saturated heterocycles. The summed E-state index contributed by atoms with van der Waals surface area (Å²) in [7, 11) is 2.93. The number of hydrogen-bond acceptors (Lipinski definition) is 4. The summed E-state index contributed by atoms with van der Waals surface area (Å²) in [5.41, 5.74) is 0. The number of benzene rings is 1. The Morgan fingerprint density at radius 1 is 1.35 bits per heavy atom. The van der Waals surface area contributed by atoms with E-state index in [1.165, 1.54) is 19.4 Å². The van der Waals surface area contributed by atoms with Gasteiger partial charge in [0.2, 0.25) is 5.88 Å². The fraction of sp³-hybridized carbons (Fsp3) is 0.100. The second kappa shape index (κ2) is 4.33. The minimum absolute atomic E-state index is 0.0534. The van der Waals surface area contributed by atoms with Gasteiger partial charge in [0.25, 0.3) is 9.05 Å². The third-order valence-electron chi connectivity index (χ3n) is 2.25. The van der Waals surface area contributed by atoms with Gasteiger partial charge in [-0.3, -0.25) is 0 Å². The first-order valence-electron chi connectivity index (χ1n) is 4.51. The molecule has 1 aromatic carbocycles. The van der Waals surface area contributed by atoms with Crippen LogP contribution in [0.25, 0.3) is 10.8 Å². The van der Waals surface area contributed by atoms with Gasteiger partial charge in [0.05, 0.1) is 23.2 Å². The molecule has 0 radical (unpaired) electrons. The number of halogens is 2. The molecule has 2 rings (SSSR count). The van der Waals surface area contributed by atoms with Crippen LogP contribution < -0.4 is 4.74 Å². The Bertz CT molecular complexity index is 685. The van der Waals surface area contributed by atoms with E-state index in [1.54, 1.807) is 12.1 Å². The molecule has 7 heteroatoms. The minimum atomic E-state index is -3.87. The van der Waals surface area contributed by atoms with Crippen molar-refractivity contribution in [2.75, 3.05) is 7.11 Å². The van der Waals surface area contributed by atoms with E-state index in [4.69, 9.17) is 27.0 Å². The normalized spacial score (nSPS) is 11.7. The first-order valence-corrected chi connectivity index (χ1v) is 7.19. The number of nitrogens with zero attached hydrogens (tertiary/aromatic N) is 1. The maximum absolute atomic E-state index is 11.4. The molecule has 1 heterocycles. The number of aromatic nitrogens is 1. The highest BCUT2D eigenvalue weighted by molar-refractivity contribution is 8.14. The molecule has 90 valence electrons. The van der Waals surface area contributed by atoms with E-state index in [0.717, 1.165) is 0 Å². The van der Waals surface area contributed by atoms with Crippen molar-refractivity contribution in [3.05, 3.63) is 29.4 Å². The van der Waals surface area contributed by atoms with Crippen molar-refractivity contribution in [1.82, 2.24) is 4.98 Å². The second-order valence-corrected chi connectivity index (χ2v) is 6.17. The van der Waals surface area contributed by atoms with E-state index in [2.05, 4.69) is 4.98 Å². The molecule has 2 aromatic rings. The number of fused-ring (bicyclic) bond motifs is 1. The van der Waals surface area contributed by atoms with Gasteiger partial charge in [-0.15, -0.1) is 0 Å². The highest BCUT2D eigenvalue weighted by atomic mass is 35.7. The highest BCUT2D eigenvalue weighted by Gasteiger charge is 2.18. The van der Waals surface area contributed by atoms with Crippen LogP contribution in [0.5, 0.6) is 5.88 Å². The second-order valence-electron chi connectivity index (χ2n) is 3.23. The molecule has 0 N–H and O–H groups in total. The Morgan fingerprint density at radius 2 is 2.06 bits per heavy atom. The smallest absolute Gasteiger partial charge is 0.261 e. The van der Waals surface area contributed by atoms with E-state index in [1.807, 2.05) is 0 Å². The summed E-state index contributed by atoms with van der Waals surface area (Å²) in [4.78, 5) is 3.90. The zero-order valence-corrected chi connectivity index (χ0v) is 11.0. The van der Waals surface area contributed by atoms with E-state index in [-0.39, 0.29) is 9.92 Å². The highest BCUT2D eigenvalue weighted by Crippen LogP contribution is 2.35. The number of hydrogen-bond donors (Lipinski definition) is 0. The SMILES string of the molecule is COc1ncc(Cl)c2c(S(=O)(=O)Cl)cccc12. The van der Waals surface area contributed by atoms with Crippen LogP contribution in [0.4, 0.5) is 0 Å². The predicted octanol–water partition coefficient (Wildman–Crippen LogP) is 2.82. The molecule has 0 fully saturated rings. The van der Waals surface area contributed by atoms with Crippen molar-refractivity contribution in [3.8, 4) is 5.88 Å².